The molecule has 2 unspecified atom stereocenters. The summed E-state index contributed by atoms with van der Waals surface area (Å²) in [6.45, 7) is 3.60. The van der Waals surface area contributed by atoms with Gasteiger partial charge in [0.25, 0.3) is 0 Å². The van der Waals surface area contributed by atoms with Gasteiger partial charge in [-0.25, -0.2) is 0 Å². The summed E-state index contributed by atoms with van der Waals surface area (Å²) < 4.78 is 0. The summed E-state index contributed by atoms with van der Waals surface area (Å²) in [5.41, 5.74) is 7.15. The van der Waals surface area contributed by atoms with E-state index in [4.69, 9.17) is 5.73 Å². The molecule has 1 fully saturated rings. The normalized spacial score (nSPS) is 16.3. The highest BCUT2D eigenvalue weighted by molar-refractivity contribution is 5.95. The van der Waals surface area contributed by atoms with Gasteiger partial charge in [0, 0.05) is 23.3 Å². The molecular weight excluding hydrogens is 290 g/mol. The summed E-state index contributed by atoms with van der Waals surface area (Å²) in [7, 11) is 0. The van der Waals surface area contributed by atoms with E-state index in [0.717, 1.165) is 18.5 Å². The number of carbonyl (C=O) groups excluding carboxylic acids is 2. The highest BCUT2D eigenvalue weighted by Gasteiger charge is 2.29. The number of nitrogens with one attached hydrogen (secondary N) is 2. The Balaban J connectivity index is 0.00000220. The lowest BCUT2D eigenvalue weighted by Gasteiger charge is -2.15. The van der Waals surface area contributed by atoms with Crippen molar-refractivity contribution in [3.05, 3.63) is 24.3 Å². The maximum atomic E-state index is 11.9. The molecule has 4 N–H and O–H groups in total. The number of nitrogens with two attached hydrogens (primary N) is 1. The molecule has 0 aliphatic heterocycles. The van der Waals surface area contributed by atoms with Gasteiger partial charge < -0.3 is 16.4 Å². The predicted molar refractivity (Wildman–Crippen MR) is 86.5 cm³/mol. The Labute approximate surface area is 131 Å². The maximum absolute atomic E-state index is 11.9. The van der Waals surface area contributed by atoms with Crippen molar-refractivity contribution in [2.75, 3.05) is 10.6 Å². The lowest BCUT2D eigenvalue weighted by Crippen LogP contribution is -2.34. The van der Waals surface area contributed by atoms with Crippen molar-refractivity contribution in [1.29, 1.82) is 0 Å². The van der Waals surface area contributed by atoms with Crippen molar-refractivity contribution in [3.63, 3.8) is 0 Å². The van der Waals surface area contributed by atoms with E-state index in [0.29, 0.717) is 5.69 Å². The van der Waals surface area contributed by atoms with Gasteiger partial charge >= 0.3 is 0 Å². The van der Waals surface area contributed by atoms with E-state index in [-0.39, 0.29) is 42.1 Å². The highest BCUT2D eigenvalue weighted by atomic mass is 35.5. The number of hydrogen-bond acceptors (Lipinski definition) is 3. The van der Waals surface area contributed by atoms with Gasteiger partial charge in [0.15, 0.2) is 0 Å². The van der Waals surface area contributed by atoms with E-state index in [1.165, 1.54) is 0 Å². The maximum Gasteiger partial charge on any atom is 0.228 e. The Morgan fingerprint density at radius 3 is 2.00 bits per heavy atom. The van der Waals surface area contributed by atoms with E-state index >= 15 is 0 Å². The fourth-order valence-corrected chi connectivity index (χ4v) is 1.72. The van der Waals surface area contributed by atoms with Crippen molar-refractivity contribution >= 4 is 35.6 Å². The lowest BCUT2D eigenvalue weighted by atomic mass is 10.0. The standard InChI is InChI=1S/C15H21N3O2.ClH/c1-9(10(2)16)14(19)17-12-5-7-13(8-6-12)18-15(20)11-3-4-11;/h5-11H,3-4,16H2,1-2H3,(H,17,19)(H,18,20);1H. The minimum absolute atomic E-state index is 0. The summed E-state index contributed by atoms with van der Waals surface area (Å²) in [4.78, 5) is 23.5. The van der Waals surface area contributed by atoms with E-state index in [9.17, 15) is 9.59 Å². The van der Waals surface area contributed by atoms with Crippen molar-refractivity contribution in [1.82, 2.24) is 0 Å². The summed E-state index contributed by atoms with van der Waals surface area (Å²) >= 11 is 0. The average molecular weight is 312 g/mol. The SMILES string of the molecule is CC(N)C(C)C(=O)Nc1ccc(NC(=O)C2CC2)cc1.Cl. The van der Waals surface area contributed by atoms with Gasteiger partial charge in [0.1, 0.15) is 0 Å². The van der Waals surface area contributed by atoms with Crippen LogP contribution in [0, 0.1) is 11.8 Å². The molecule has 0 heterocycles. The number of benzene rings is 1. The monoisotopic (exact) mass is 311 g/mol. The zero-order valence-electron chi connectivity index (χ0n) is 12.3. The van der Waals surface area contributed by atoms with Crippen LogP contribution in [0.4, 0.5) is 11.4 Å². The van der Waals surface area contributed by atoms with Crippen molar-refractivity contribution in [3.8, 4) is 0 Å². The first-order valence-corrected chi connectivity index (χ1v) is 6.94. The summed E-state index contributed by atoms with van der Waals surface area (Å²) in [6, 6.07) is 6.92. The van der Waals surface area contributed by atoms with Gasteiger partial charge in [-0.3, -0.25) is 9.59 Å². The van der Waals surface area contributed by atoms with Crippen LogP contribution in [-0.4, -0.2) is 17.9 Å². The second-order valence-electron chi connectivity index (χ2n) is 5.48. The molecule has 0 spiro atoms. The smallest absolute Gasteiger partial charge is 0.228 e. The molecule has 2 atom stereocenters. The molecule has 1 aliphatic rings. The molecule has 0 bridgehead atoms. The van der Waals surface area contributed by atoms with Gasteiger partial charge in [-0.05, 0) is 44.0 Å². The quantitative estimate of drug-likeness (QED) is 0.780. The van der Waals surface area contributed by atoms with Crippen LogP contribution in [-0.2, 0) is 9.59 Å². The van der Waals surface area contributed by atoms with Crippen molar-refractivity contribution in [2.45, 2.75) is 32.7 Å². The lowest BCUT2D eigenvalue weighted by molar-refractivity contribution is -0.120. The van der Waals surface area contributed by atoms with E-state index in [1.807, 2.05) is 0 Å². The Hall–Kier alpha value is -1.59. The van der Waals surface area contributed by atoms with Crippen LogP contribution in [0.15, 0.2) is 24.3 Å². The second-order valence-corrected chi connectivity index (χ2v) is 5.48. The number of rotatable bonds is 5. The summed E-state index contributed by atoms with van der Waals surface area (Å²) in [5, 5.41) is 5.66. The molecule has 0 radical (unpaired) electrons. The first-order valence-electron chi connectivity index (χ1n) is 6.94. The van der Waals surface area contributed by atoms with Gasteiger partial charge in [-0.15, -0.1) is 12.4 Å². The number of halogens is 1. The largest absolute Gasteiger partial charge is 0.327 e. The number of hydrogen-bond donors (Lipinski definition) is 3. The Kier molecular flexibility index (Phi) is 6.18. The molecule has 0 aromatic heterocycles. The third kappa shape index (κ3) is 5.02. The van der Waals surface area contributed by atoms with Crippen LogP contribution in [0.1, 0.15) is 26.7 Å². The topological polar surface area (TPSA) is 84.2 Å². The molecule has 1 aromatic carbocycles. The van der Waals surface area contributed by atoms with Gasteiger partial charge in [0.2, 0.25) is 11.8 Å². The molecule has 0 saturated heterocycles. The van der Waals surface area contributed by atoms with E-state index in [2.05, 4.69) is 10.6 Å². The number of anilines is 2. The molecule has 5 nitrogen and oxygen atoms in total. The molecule has 1 saturated carbocycles. The zero-order valence-corrected chi connectivity index (χ0v) is 13.1. The number of amides is 2. The minimum atomic E-state index is -0.246. The predicted octanol–water partition coefficient (Wildman–Crippen LogP) is 2.38. The van der Waals surface area contributed by atoms with Gasteiger partial charge in [-0.2, -0.15) is 0 Å². The number of carbonyl (C=O) groups is 2. The second kappa shape index (κ2) is 7.43. The van der Waals surface area contributed by atoms with Crippen LogP contribution in [0.3, 0.4) is 0 Å². The van der Waals surface area contributed by atoms with Crippen LogP contribution < -0.4 is 16.4 Å². The third-order valence-corrected chi connectivity index (χ3v) is 3.57. The van der Waals surface area contributed by atoms with Crippen molar-refractivity contribution < 1.29 is 9.59 Å². The third-order valence-electron chi connectivity index (χ3n) is 3.57. The highest BCUT2D eigenvalue weighted by Crippen LogP contribution is 2.30. The first kappa shape index (κ1) is 17.5. The van der Waals surface area contributed by atoms with E-state index in [1.54, 1.807) is 38.1 Å². The molecule has 2 rings (SSSR count). The fraction of sp³-hybridized carbons (Fsp3) is 0.467. The molecule has 2 amide bonds. The molecular formula is C15H22ClN3O2. The molecule has 1 aliphatic carbocycles. The average Bonchev–Trinajstić information content (AvgIpc) is 3.24. The van der Waals surface area contributed by atoms with Crippen LogP contribution >= 0.6 is 12.4 Å². The fourth-order valence-electron chi connectivity index (χ4n) is 1.72. The molecule has 6 heteroatoms. The minimum Gasteiger partial charge on any atom is -0.327 e. The summed E-state index contributed by atoms with van der Waals surface area (Å²) in [6.07, 6.45) is 1.96. The molecule has 1 aromatic rings. The van der Waals surface area contributed by atoms with Gasteiger partial charge in [0.05, 0.1) is 5.92 Å². The Morgan fingerprint density at radius 1 is 1.10 bits per heavy atom. The van der Waals surface area contributed by atoms with Crippen LogP contribution in [0.5, 0.6) is 0 Å². The Bertz CT molecular complexity index is 498. The first-order chi connectivity index (χ1) is 9.47. The van der Waals surface area contributed by atoms with Crippen LogP contribution in [0.25, 0.3) is 0 Å². The molecule has 21 heavy (non-hydrogen) atoms. The van der Waals surface area contributed by atoms with E-state index < -0.39 is 0 Å². The summed E-state index contributed by atoms with van der Waals surface area (Å²) in [5.74, 6) is -0.0901. The Morgan fingerprint density at radius 2 is 1.57 bits per heavy atom. The van der Waals surface area contributed by atoms with Gasteiger partial charge in [-0.1, -0.05) is 6.92 Å². The van der Waals surface area contributed by atoms with Crippen molar-refractivity contribution in [2.24, 2.45) is 17.6 Å². The zero-order chi connectivity index (χ0) is 14.7. The van der Waals surface area contributed by atoms with Crippen LogP contribution in [0.2, 0.25) is 0 Å². The molecule has 116 valence electrons.